The van der Waals surface area contributed by atoms with Crippen molar-refractivity contribution in [2.24, 2.45) is 0 Å². The summed E-state index contributed by atoms with van der Waals surface area (Å²) in [6, 6.07) is 19.7. The fourth-order valence-corrected chi connectivity index (χ4v) is 3.28. The lowest BCUT2D eigenvalue weighted by Gasteiger charge is -2.10. The van der Waals surface area contributed by atoms with Crippen LogP contribution in [0.25, 0.3) is 10.9 Å². The van der Waals surface area contributed by atoms with Gasteiger partial charge in [0.15, 0.2) is 0 Å². The number of aromatic nitrogens is 2. The summed E-state index contributed by atoms with van der Waals surface area (Å²) in [4.78, 5) is 38.7. The molecule has 4 aromatic rings. The third-order valence-corrected chi connectivity index (χ3v) is 4.93. The highest BCUT2D eigenvalue weighted by Crippen LogP contribution is 2.21. The summed E-state index contributed by atoms with van der Waals surface area (Å²) < 4.78 is 20.0. The van der Waals surface area contributed by atoms with Crippen LogP contribution >= 0.6 is 0 Å². The van der Waals surface area contributed by atoms with Gasteiger partial charge < -0.3 is 10.1 Å². The lowest BCUT2D eigenvalue weighted by molar-refractivity contribution is -0.121. The molecule has 0 atom stereocenters. The summed E-state index contributed by atoms with van der Waals surface area (Å²) in [5.41, 5.74) is 0.374. The molecule has 3 aromatic carbocycles. The number of hydrogen-bond acceptors (Lipinski definition) is 4. The van der Waals surface area contributed by atoms with E-state index in [1.54, 1.807) is 48.5 Å². The van der Waals surface area contributed by atoms with E-state index >= 15 is 0 Å². The van der Waals surface area contributed by atoms with Gasteiger partial charge >= 0.3 is 5.69 Å². The van der Waals surface area contributed by atoms with Gasteiger partial charge in [0, 0.05) is 19.5 Å². The second-order valence-corrected chi connectivity index (χ2v) is 7.15. The highest BCUT2D eigenvalue weighted by Gasteiger charge is 2.09. The Morgan fingerprint density at radius 2 is 1.59 bits per heavy atom. The number of aromatic amines is 1. The first-order chi connectivity index (χ1) is 15.5. The zero-order chi connectivity index (χ0) is 22.5. The number of carbonyl (C=O) groups excluding carboxylic acids is 1. The molecule has 4 rings (SSSR count). The minimum Gasteiger partial charge on any atom is -0.457 e. The van der Waals surface area contributed by atoms with E-state index in [-0.39, 0.29) is 24.7 Å². The molecule has 0 saturated heterocycles. The molecule has 0 radical (unpaired) electrons. The van der Waals surface area contributed by atoms with Gasteiger partial charge in [-0.3, -0.25) is 19.1 Å². The number of H-pyrrole nitrogens is 1. The number of nitrogens with one attached hydrogen (secondary N) is 2. The van der Waals surface area contributed by atoms with Crippen molar-refractivity contribution in [2.45, 2.75) is 19.5 Å². The van der Waals surface area contributed by atoms with Gasteiger partial charge in [0.1, 0.15) is 17.3 Å². The lowest BCUT2D eigenvalue weighted by atomic mass is 10.2. The molecular formula is C24H20FN3O4. The van der Waals surface area contributed by atoms with Crippen LogP contribution in [0.5, 0.6) is 11.5 Å². The lowest BCUT2D eigenvalue weighted by Crippen LogP contribution is -2.32. The molecule has 0 fully saturated rings. The van der Waals surface area contributed by atoms with Gasteiger partial charge in [-0.1, -0.05) is 24.3 Å². The molecule has 8 heteroatoms. The van der Waals surface area contributed by atoms with Crippen molar-refractivity contribution < 1.29 is 13.9 Å². The van der Waals surface area contributed by atoms with E-state index in [0.717, 1.165) is 5.56 Å². The third kappa shape index (κ3) is 4.92. The van der Waals surface area contributed by atoms with Gasteiger partial charge in [0.2, 0.25) is 5.91 Å². The number of fused-ring (bicyclic) bond motifs is 1. The standard InChI is InChI=1S/C24H20FN3O4/c25-17-7-11-19(12-8-17)32-18-9-5-16(6-10-18)15-26-22(29)13-14-28-21-4-2-1-3-20(21)23(30)27-24(28)31/h1-12H,13-15H2,(H,26,29)(H,27,30,31). The number of hydrogen-bond donors (Lipinski definition) is 2. The zero-order valence-corrected chi connectivity index (χ0v) is 17.0. The van der Waals surface area contributed by atoms with E-state index in [1.165, 1.54) is 16.7 Å². The van der Waals surface area contributed by atoms with Crippen molar-refractivity contribution in [3.8, 4) is 11.5 Å². The molecule has 162 valence electrons. The molecule has 0 bridgehead atoms. The van der Waals surface area contributed by atoms with Crippen molar-refractivity contribution in [3.05, 3.63) is 105 Å². The van der Waals surface area contributed by atoms with E-state index in [2.05, 4.69) is 10.3 Å². The van der Waals surface area contributed by atoms with Crippen LogP contribution in [0.2, 0.25) is 0 Å². The van der Waals surface area contributed by atoms with E-state index in [9.17, 15) is 18.8 Å². The molecule has 2 N–H and O–H groups in total. The summed E-state index contributed by atoms with van der Waals surface area (Å²) in [6.07, 6.45) is 0.0850. The minimum absolute atomic E-state index is 0.0850. The molecular weight excluding hydrogens is 413 g/mol. The number of benzene rings is 3. The molecule has 0 saturated carbocycles. The number of ether oxygens (including phenoxy) is 1. The Morgan fingerprint density at radius 3 is 2.31 bits per heavy atom. The summed E-state index contributed by atoms with van der Waals surface area (Å²) in [7, 11) is 0. The van der Waals surface area contributed by atoms with Crippen molar-refractivity contribution in [2.75, 3.05) is 0 Å². The second-order valence-electron chi connectivity index (χ2n) is 7.15. The highest BCUT2D eigenvalue weighted by atomic mass is 19.1. The molecule has 0 aliphatic carbocycles. The Morgan fingerprint density at radius 1 is 0.938 bits per heavy atom. The Hall–Kier alpha value is -4.20. The monoisotopic (exact) mass is 433 g/mol. The molecule has 1 heterocycles. The Balaban J connectivity index is 1.33. The first kappa shape index (κ1) is 21.0. The topological polar surface area (TPSA) is 93.2 Å². The number of rotatable bonds is 7. The van der Waals surface area contributed by atoms with Gasteiger partial charge in [-0.2, -0.15) is 0 Å². The molecule has 0 aliphatic heterocycles. The normalized spacial score (nSPS) is 10.8. The first-order valence-corrected chi connectivity index (χ1v) is 10.0. The molecule has 1 aromatic heterocycles. The summed E-state index contributed by atoms with van der Waals surface area (Å²) in [5.74, 6) is 0.564. The Kier molecular flexibility index (Phi) is 6.12. The molecule has 1 amide bonds. The van der Waals surface area contributed by atoms with Gasteiger partial charge in [-0.25, -0.2) is 9.18 Å². The smallest absolute Gasteiger partial charge is 0.328 e. The van der Waals surface area contributed by atoms with E-state index < -0.39 is 11.2 Å². The number of halogens is 1. The van der Waals surface area contributed by atoms with Crippen LogP contribution in [0, 0.1) is 5.82 Å². The zero-order valence-electron chi connectivity index (χ0n) is 17.0. The summed E-state index contributed by atoms with van der Waals surface area (Å²) in [5, 5.41) is 3.21. The number of para-hydroxylation sites is 1. The minimum atomic E-state index is -0.543. The maximum atomic E-state index is 13.0. The van der Waals surface area contributed by atoms with E-state index in [4.69, 9.17) is 4.74 Å². The largest absolute Gasteiger partial charge is 0.457 e. The maximum Gasteiger partial charge on any atom is 0.328 e. The number of aryl methyl sites for hydroxylation is 1. The fraction of sp³-hybridized carbons (Fsp3) is 0.125. The maximum absolute atomic E-state index is 13.0. The molecule has 0 unspecified atom stereocenters. The molecule has 0 spiro atoms. The number of amides is 1. The van der Waals surface area contributed by atoms with Crippen LogP contribution in [0.1, 0.15) is 12.0 Å². The van der Waals surface area contributed by atoms with Crippen LogP contribution in [-0.2, 0) is 17.9 Å². The predicted molar refractivity (Wildman–Crippen MR) is 118 cm³/mol. The third-order valence-electron chi connectivity index (χ3n) is 4.93. The summed E-state index contributed by atoms with van der Waals surface area (Å²) in [6.45, 7) is 0.462. The quantitative estimate of drug-likeness (QED) is 0.468. The van der Waals surface area contributed by atoms with Crippen molar-refractivity contribution in [1.82, 2.24) is 14.9 Å². The van der Waals surface area contributed by atoms with Gasteiger partial charge in [-0.05, 0) is 54.1 Å². The van der Waals surface area contributed by atoms with Crippen LogP contribution in [0.4, 0.5) is 4.39 Å². The van der Waals surface area contributed by atoms with Crippen LogP contribution in [0.3, 0.4) is 0 Å². The van der Waals surface area contributed by atoms with Crippen molar-refractivity contribution in [3.63, 3.8) is 0 Å². The van der Waals surface area contributed by atoms with E-state index in [0.29, 0.717) is 28.9 Å². The fourth-order valence-electron chi connectivity index (χ4n) is 3.28. The SMILES string of the molecule is O=C(CCn1c(=O)[nH]c(=O)c2ccccc21)NCc1ccc(Oc2ccc(F)cc2)cc1. The second kappa shape index (κ2) is 9.30. The van der Waals surface area contributed by atoms with Gasteiger partial charge in [0.05, 0.1) is 10.9 Å². The average molecular weight is 433 g/mol. The van der Waals surface area contributed by atoms with Crippen molar-refractivity contribution in [1.29, 1.82) is 0 Å². The molecule has 32 heavy (non-hydrogen) atoms. The Bertz CT molecular complexity index is 1360. The predicted octanol–water partition coefficient (Wildman–Crippen LogP) is 3.33. The molecule has 0 aliphatic rings. The first-order valence-electron chi connectivity index (χ1n) is 10.0. The Labute approximate surface area is 182 Å². The summed E-state index contributed by atoms with van der Waals surface area (Å²) >= 11 is 0. The average Bonchev–Trinajstić information content (AvgIpc) is 2.80. The van der Waals surface area contributed by atoms with Crippen LogP contribution in [-0.4, -0.2) is 15.5 Å². The highest BCUT2D eigenvalue weighted by molar-refractivity contribution is 5.78. The number of nitrogens with zero attached hydrogens (tertiary/aromatic N) is 1. The van der Waals surface area contributed by atoms with Crippen LogP contribution < -0.4 is 21.3 Å². The van der Waals surface area contributed by atoms with Gasteiger partial charge in [-0.15, -0.1) is 0 Å². The van der Waals surface area contributed by atoms with Crippen LogP contribution in [0.15, 0.2) is 82.4 Å². The molecule has 7 nitrogen and oxygen atoms in total. The number of carbonyl (C=O) groups is 1. The van der Waals surface area contributed by atoms with Crippen molar-refractivity contribution >= 4 is 16.8 Å². The van der Waals surface area contributed by atoms with Gasteiger partial charge in [0.25, 0.3) is 5.56 Å². The van der Waals surface area contributed by atoms with E-state index in [1.807, 2.05) is 12.1 Å².